The van der Waals surface area contributed by atoms with Crippen LogP contribution in [0.25, 0.3) is 22.4 Å². The van der Waals surface area contributed by atoms with Crippen molar-refractivity contribution in [1.82, 2.24) is 15.1 Å². The molecule has 1 aliphatic carbocycles. The fourth-order valence-corrected chi connectivity index (χ4v) is 2.77. The standard InChI is InChI=1S/C16H16N4O/c1-10-9-13(18-12-6-3-2-5-11(10)12)14-19-15(21-20-14)16(17)7-4-8-16/h2-3,5-6,9H,4,7-8,17H2,1H3. The van der Waals surface area contributed by atoms with Gasteiger partial charge in [-0.2, -0.15) is 4.98 Å². The van der Waals surface area contributed by atoms with E-state index in [4.69, 9.17) is 10.3 Å². The monoisotopic (exact) mass is 280 g/mol. The summed E-state index contributed by atoms with van der Waals surface area (Å²) in [6, 6.07) is 10.0. The molecule has 0 saturated heterocycles. The summed E-state index contributed by atoms with van der Waals surface area (Å²) < 4.78 is 5.35. The van der Waals surface area contributed by atoms with Crippen LogP contribution < -0.4 is 5.73 Å². The molecule has 106 valence electrons. The Hall–Kier alpha value is -2.27. The second-order valence-electron chi connectivity index (χ2n) is 5.77. The van der Waals surface area contributed by atoms with E-state index in [1.807, 2.05) is 24.3 Å². The van der Waals surface area contributed by atoms with Gasteiger partial charge in [0, 0.05) is 5.39 Å². The Labute approximate surface area is 122 Å². The first-order chi connectivity index (χ1) is 10.2. The van der Waals surface area contributed by atoms with Crippen molar-refractivity contribution in [2.24, 2.45) is 5.73 Å². The summed E-state index contributed by atoms with van der Waals surface area (Å²) in [7, 11) is 0. The summed E-state index contributed by atoms with van der Waals surface area (Å²) in [5.41, 5.74) is 8.59. The van der Waals surface area contributed by atoms with E-state index in [9.17, 15) is 0 Å². The number of para-hydroxylation sites is 1. The van der Waals surface area contributed by atoms with Gasteiger partial charge in [0.1, 0.15) is 5.69 Å². The van der Waals surface area contributed by atoms with Gasteiger partial charge in [-0.15, -0.1) is 0 Å². The third-order valence-corrected chi connectivity index (χ3v) is 4.25. The van der Waals surface area contributed by atoms with E-state index in [0.29, 0.717) is 11.7 Å². The molecule has 1 saturated carbocycles. The minimum Gasteiger partial charge on any atom is -0.337 e. The third kappa shape index (κ3) is 1.93. The molecule has 1 aromatic carbocycles. The molecule has 4 rings (SSSR count). The van der Waals surface area contributed by atoms with Crippen LogP contribution in [0.4, 0.5) is 0 Å². The molecule has 5 nitrogen and oxygen atoms in total. The molecule has 21 heavy (non-hydrogen) atoms. The lowest BCUT2D eigenvalue weighted by Gasteiger charge is -2.33. The van der Waals surface area contributed by atoms with Crippen LogP contribution in [0.15, 0.2) is 34.9 Å². The Kier molecular flexibility index (Phi) is 2.59. The average molecular weight is 280 g/mol. The summed E-state index contributed by atoms with van der Waals surface area (Å²) in [4.78, 5) is 9.08. The Bertz CT molecular complexity index is 820. The molecule has 0 radical (unpaired) electrons. The summed E-state index contributed by atoms with van der Waals surface area (Å²) in [6.07, 6.45) is 2.92. The van der Waals surface area contributed by atoms with Crippen molar-refractivity contribution >= 4 is 10.9 Å². The molecule has 0 atom stereocenters. The number of hydrogen-bond acceptors (Lipinski definition) is 5. The van der Waals surface area contributed by atoms with E-state index < -0.39 is 5.54 Å². The summed E-state index contributed by atoms with van der Waals surface area (Å²) in [5, 5.41) is 5.19. The van der Waals surface area contributed by atoms with E-state index in [1.54, 1.807) is 0 Å². The van der Waals surface area contributed by atoms with Crippen molar-refractivity contribution in [2.45, 2.75) is 31.7 Å². The first-order valence-corrected chi connectivity index (χ1v) is 7.16. The second kappa shape index (κ2) is 4.36. The fourth-order valence-electron chi connectivity index (χ4n) is 2.77. The smallest absolute Gasteiger partial charge is 0.247 e. The SMILES string of the molecule is Cc1cc(-c2noc(C3(N)CCC3)n2)nc2ccccc12. The van der Waals surface area contributed by atoms with E-state index in [1.165, 1.54) is 0 Å². The van der Waals surface area contributed by atoms with Gasteiger partial charge in [0.25, 0.3) is 0 Å². The number of aromatic nitrogens is 3. The summed E-state index contributed by atoms with van der Waals surface area (Å²) in [5.74, 6) is 1.03. The third-order valence-electron chi connectivity index (χ3n) is 4.25. The number of fused-ring (bicyclic) bond motifs is 1. The predicted molar refractivity (Wildman–Crippen MR) is 79.5 cm³/mol. The van der Waals surface area contributed by atoms with Gasteiger partial charge in [-0.25, -0.2) is 4.98 Å². The molecular weight excluding hydrogens is 264 g/mol. The Balaban J connectivity index is 1.80. The molecule has 5 heteroatoms. The van der Waals surface area contributed by atoms with Crippen LogP contribution in [0, 0.1) is 6.92 Å². The molecule has 2 N–H and O–H groups in total. The van der Waals surface area contributed by atoms with Crippen LogP contribution in [-0.2, 0) is 5.54 Å². The maximum Gasteiger partial charge on any atom is 0.247 e. The number of nitrogens with zero attached hydrogens (tertiary/aromatic N) is 3. The van der Waals surface area contributed by atoms with Crippen LogP contribution in [0.3, 0.4) is 0 Å². The highest BCUT2D eigenvalue weighted by molar-refractivity contribution is 5.84. The number of rotatable bonds is 2. The molecule has 2 aromatic heterocycles. The Morgan fingerprint density at radius 2 is 2.00 bits per heavy atom. The molecule has 0 amide bonds. The number of nitrogens with two attached hydrogens (primary N) is 1. The van der Waals surface area contributed by atoms with Crippen molar-refractivity contribution < 1.29 is 4.52 Å². The van der Waals surface area contributed by atoms with Gasteiger partial charge >= 0.3 is 0 Å². The number of pyridine rings is 1. The lowest BCUT2D eigenvalue weighted by Crippen LogP contribution is -2.43. The second-order valence-corrected chi connectivity index (χ2v) is 5.77. The number of aryl methyl sites for hydroxylation is 1. The minimum atomic E-state index is -0.433. The van der Waals surface area contributed by atoms with Gasteiger partial charge in [-0.05, 0) is 43.9 Å². The van der Waals surface area contributed by atoms with Crippen molar-refractivity contribution in [2.75, 3.05) is 0 Å². The Morgan fingerprint density at radius 1 is 1.19 bits per heavy atom. The van der Waals surface area contributed by atoms with Crippen molar-refractivity contribution in [3.63, 3.8) is 0 Å². The van der Waals surface area contributed by atoms with Gasteiger partial charge in [0.05, 0.1) is 11.1 Å². The van der Waals surface area contributed by atoms with Gasteiger partial charge in [-0.3, -0.25) is 0 Å². The van der Waals surface area contributed by atoms with Crippen molar-refractivity contribution in [3.05, 3.63) is 41.8 Å². The van der Waals surface area contributed by atoms with Crippen molar-refractivity contribution in [1.29, 1.82) is 0 Å². The Morgan fingerprint density at radius 3 is 2.76 bits per heavy atom. The quantitative estimate of drug-likeness (QED) is 0.781. The van der Waals surface area contributed by atoms with E-state index >= 15 is 0 Å². The lowest BCUT2D eigenvalue weighted by atomic mass is 9.78. The molecular formula is C16H16N4O. The molecule has 0 unspecified atom stereocenters. The van der Waals surface area contributed by atoms with Crippen LogP contribution in [0.5, 0.6) is 0 Å². The van der Waals surface area contributed by atoms with Crippen LogP contribution in [0.1, 0.15) is 30.7 Å². The van der Waals surface area contributed by atoms with Gasteiger partial charge in [0.2, 0.25) is 11.7 Å². The zero-order valence-electron chi connectivity index (χ0n) is 11.8. The zero-order chi connectivity index (χ0) is 14.4. The largest absolute Gasteiger partial charge is 0.337 e. The maximum atomic E-state index is 6.22. The first kappa shape index (κ1) is 12.5. The van der Waals surface area contributed by atoms with E-state index in [0.717, 1.165) is 41.4 Å². The predicted octanol–water partition coefficient (Wildman–Crippen LogP) is 2.93. The molecule has 0 bridgehead atoms. The molecule has 3 aromatic rings. The highest BCUT2D eigenvalue weighted by Gasteiger charge is 2.40. The van der Waals surface area contributed by atoms with Crippen molar-refractivity contribution in [3.8, 4) is 11.5 Å². The average Bonchev–Trinajstić information content (AvgIpc) is 2.95. The normalized spacial score (nSPS) is 16.9. The van der Waals surface area contributed by atoms with Gasteiger partial charge in [0.15, 0.2) is 0 Å². The van der Waals surface area contributed by atoms with Crippen LogP contribution in [-0.4, -0.2) is 15.1 Å². The molecule has 0 spiro atoms. The highest BCUT2D eigenvalue weighted by atomic mass is 16.5. The minimum absolute atomic E-state index is 0.433. The summed E-state index contributed by atoms with van der Waals surface area (Å²) in [6.45, 7) is 2.06. The molecule has 0 aliphatic heterocycles. The van der Waals surface area contributed by atoms with E-state index in [2.05, 4.69) is 28.1 Å². The zero-order valence-corrected chi connectivity index (χ0v) is 11.8. The first-order valence-electron chi connectivity index (χ1n) is 7.16. The lowest BCUT2D eigenvalue weighted by molar-refractivity contribution is 0.181. The topological polar surface area (TPSA) is 77.8 Å². The number of benzene rings is 1. The fraction of sp³-hybridized carbons (Fsp3) is 0.312. The molecule has 2 heterocycles. The maximum absolute atomic E-state index is 6.22. The van der Waals surface area contributed by atoms with Gasteiger partial charge < -0.3 is 10.3 Å². The highest BCUT2D eigenvalue weighted by Crippen LogP contribution is 2.38. The summed E-state index contributed by atoms with van der Waals surface area (Å²) >= 11 is 0. The molecule has 1 aliphatic rings. The van der Waals surface area contributed by atoms with Crippen LogP contribution in [0.2, 0.25) is 0 Å². The molecule has 1 fully saturated rings. The van der Waals surface area contributed by atoms with E-state index in [-0.39, 0.29) is 0 Å². The van der Waals surface area contributed by atoms with Crippen LogP contribution >= 0.6 is 0 Å². The number of hydrogen-bond donors (Lipinski definition) is 1. The van der Waals surface area contributed by atoms with Gasteiger partial charge in [-0.1, -0.05) is 23.4 Å².